The number of aromatic carboxylic acids is 2. The third-order valence-corrected chi connectivity index (χ3v) is 7.22. The topological polar surface area (TPSA) is 145 Å². The van der Waals surface area contributed by atoms with E-state index in [0.29, 0.717) is 56.8 Å². The quantitative estimate of drug-likeness (QED) is 0.175. The zero-order chi connectivity index (χ0) is 32.2. The van der Waals surface area contributed by atoms with E-state index in [-0.39, 0.29) is 11.4 Å². The fourth-order valence-electron chi connectivity index (χ4n) is 4.88. The molecule has 0 radical (unpaired) electrons. The van der Waals surface area contributed by atoms with E-state index < -0.39 is 11.9 Å². The van der Waals surface area contributed by atoms with Gasteiger partial charge in [0.05, 0.1) is 48.4 Å². The molecule has 4 heterocycles. The highest BCUT2D eigenvalue weighted by atomic mass is 16.5. The lowest BCUT2D eigenvalue weighted by molar-refractivity contribution is 0.0680. The molecular weight excluding hydrogens is 584 g/mol. The fourth-order valence-corrected chi connectivity index (χ4v) is 4.88. The number of aromatic nitrogens is 4. The van der Waals surface area contributed by atoms with Crippen molar-refractivity contribution < 1.29 is 29.3 Å². The first kappa shape index (κ1) is 29.6. The Balaban J connectivity index is 1.39. The molecule has 0 bridgehead atoms. The molecule has 0 aliphatic carbocycles. The summed E-state index contributed by atoms with van der Waals surface area (Å²) in [4.78, 5) is 42.2. The Kier molecular flexibility index (Phi) is 8.16. The van der Waals surface area contributed by atoms with Crippen LogP contribution < -0.4 is 9.47 Å². The number of nitrogens with zero attached hydrogens (tertiary/aromatic N) is 4. The minimum Gasteiger partial charge on any atom is -0.497 e. The van der Waals surface area contributed by atoms with Gasteiger partial charge >= 0.3 is 11.9 Å². The summed E-state index contributed by atoms with van der Waals surface area (Å²) in [6, 6.07) is 31.8. The van der Waals surface area contributed by atoms with Crippen molar-refractivity contribution in [2.24, 2.45) is 0 Å². The number of carbonyl (C=O) groups is 2. The minimum atomic E-state index is -1.16. The molecule has 0 aliphatic heterocycles. The molecule has 0 unspecified atom stereocenters. The SMILES string of the molecule is COc1ccc(-c2cc(C(=O)O)nc(-c3cccc(-c4cccc(-c5cc(-c6ccc(OC)cc6)cc(C(=O)O)n5)n4)n3)c2)cc1. The van der Waals surface area contributed by atoms with E-state index in [1.807, 2.05) is 24.3 Å². The van der Waals surface area contributed by atoms with E-state index in [9.17, 15) is 19.8 Å². The molecule has 2 aromatic carbocycles. The maximum absolute atomic E-state index is 12.0. The summed E-state index contributed by atoms with van der Waals surface area (Å²) in [7, 11) is 3.16. The number of benzene rings is 2. The molecular formula is C36H26N4O6. The van der Waals surface area contributed by atoms with Crippen molar-refractivity contribution in [2.45, 2.75) is 0 Å². The maximum Gasteiger partial charge on any atom is 0.354 e. The summed E-state index contributed by atoms with van der Waals surface area (Å²) in [6.45, 7) is 0. The summed E-state index contributed by atoms with van der Waals surface area (Å²) in [5, 5.41) is 19.6. The van der Waals surface area contributed by atoms with Crippen LogP contribution in [0.5, 0.6) is 11.5 Å². The summed E-state index contributed by atoms with van der Waals surface area (Å²) in [6.07, 6.45) is 0. The average Bonchev–Trinajstić information content (AvgIpc) is 3.11. The number of pyridine rings is 4. The smallest absolute Gasteiger partial charge is 0.354 e. The van der Waals surface area contributed by atoms with Crippen LogP contribution in [0.1, 0.15) is 21.0 Å². The maximum atomic E-state index is 12.0. The molecule has 6 rings (SSSR count). The van der Waals surface area contributed by atoms with Crippen LogP contribution in [0.25, 0.3) is 56.4 Å². The van der Waals surface area contributed by atoms with Gasteiger partial charge in [-0.05, 0) is 95.1 Å². The lowest BCUT2D eigenvalue weighted by atomic mass is 10.0. The second kappa shape index (κ2) is 12.7. The first-order valence-corrected chi connectivity index (χ1v) is 14.1. The van der Waals surface area contributed by atoms with E-state index in [1.54, 1.807) is 87.0 Å². The Morgan fingerprint density at radius 1 is 0.457 bits per heavy atom. The van der Waals surface area contributed by atoms with Crippen molar-refractivity contribution in [3.8, 4) is 67.9 Å². The number of carboxylic acids is 2. The van der Waals surface area contributed by atoms with Gasteiger partial charge in [0.2, 0.25) is 0 Å². The van der Waals surface area contributed by atoms with Crippen LogP contribution in [0.4, 0.5) is 0 Å². The van der Waals surface area contributed by atoms with Crippen molar-refractivity contribution in [3.63, 3.8) is 0 Å². The standard InChI is InChI=1S/C36H26N4O6/c1-45-25-13-9-21(10-14-25)23-17-31(39-33(19-23)35(41)42)29-7-3-5-27(37-29)28-6-4-8-30(38-28)32-18-24(20-34(40-32)36(43)44)22-11-15-26(46-2)16-12-22/h3-20H,1-2H3,(H,41,42)(H,43,44). The highest BCUT2D eigenvalue weighted by Gasteiger charge is 2.16. The van der Waals surface area contributed by atoms with Gasteiger partial charge in [-0.1, -0.05) is 36.4 Å². The molecule has 0 amide bonds. The van der Waals surface area contributed by atoms with Crippen molar-refractivity contribution in [3.05, 3.63) is 121 Å². The summed E-state index contributed by atoms with van der Waals surface area (Å²) in [5.74, 6) is -0.954. The second-order valence-electron chi connectivity index (χ2n) is 10.1. The molecule has 0 atom stereocenters. The van der Waals surface area contributed by atoms with Crippen LogP contribution in [0.15, 0.2) is 109 Å². The number of methoxy groups -OCH3 is 2. The lowest BCUT2D eigenvalue weighted by Gasteiger charge is -2.10. The molecule has 0 fully saturated rings. The van der Waals surface area contributed by atoms with E-state index in [1.165, 1.54) is 12.1 Å². The van der Waals surface area contributed by atoms with Crippen LogP contribution in [-0.4, -0.2) is 56.3 Å². The van der Waals surface area contributed by atoms with Gasteiger partial charge in [0.15, 0.2) is 0 Å². The molecule has 0 saturated heterocycles. The van der Waals surface area contributed by atoms with E-state index in [0.717, 1.165) is 11.1 Å². The van der Waals surface area contributed by atoms with Gasteiger partial charge in [-0.3, -0.25) is 0 Å². The zero-order valence-electron chi connectivity index (χ0n) is 24.7. The monoisotopic (exact) mass is 610 g/mol. The molecule has 4 aromatic heterocycles. The molecule has 46 heavy (non-hydrogen) atoms. The van der Waals surface area contributed by atoms with Gasteiger partial charge in [-0.2, -0.15) is 0 Å². The van der Waals surface area contributed by atoms with Crippen molar-refractivity contribution in [2.75, 3.05) is 14.2 Å². The molecule has 10 nitrogen and oxygen atoms in total. The van der Waals surface area contributed by atoms with E-state index in [4.69, 9.17) is 19.4 Å². The number of hydrogen-bond acceptors (Lipinski definition) is 8. The number of ether oxygens (including phenoxy) is 2. The fraction of sp³-hybridized carbons (Fsp3) is 0.0556. The Bertz CT molecular complexity index is 1930. The van der Waals surface area contributed by atoms with E-state index >= 15 is 0 Å². The Morgan fingerprint density at radius 2 is 0.804 bits per heavy atom. The van der Waals surface area contributed by atoms with Crippen molar-refractivity contribution in [1.29, 1.82) is 0 Å². The number of hydrogen-bond donors (Lipinski definition) is 2. The predicted octanol–water partition coefficient (Wildman–Crippen LogP) is 7.02. The van der Waals surface area contributed by atoms with Crippen LogP contribution >= 0.6 is 0 Å². The third-order valence-electron chi connectivity index (χ3n) is 7.22. The highest BCUT2D eigenvalue weighted by Crippen LogP contribution is 2.30. The molecule has 226 valence electrons. The van der Waals surface area contributed by atoms with Crippen LogP contribution in [-0.2, 0) is 0 Å². The van der Waals surface area contributed by atoms with Gasteiger partial charge in [0, 0.05) is 0 Å². The summed E-state index contributed by atoms with van der Waals surface area (Å²) < 4.78 is 10.5. The Labute approximate surface area is 263 Å². The van der Waals surface area contributed by atoms with E-state index in [2.05, 4.69) is 9.97 Å². The minimum absolute atomic E-state index is 0.118. The van der Waals surface area contributed by atoms with Gasteiger partial charge in [-0.15, -0.1) is 0 Å². The van der Waals surface area contributed by atoms with Crippen LogP contribution in [0.2, 0.25) is 0 Å². The highest BCUT2D eigenvalue weighted by molar-refractivity contribution is 5.89. The summed E-state index contributed by atoms with van der Waals surface area (Å²) in [5.41, 5.74) is 5.36. The molecule has 0 aliphatic rings. The molecule has 0 spiro atoms. The molecule has 0 saturated carbocycles. The number of carboxylic acid groups (broad SMARTS) is 2. The Morgan fingerprint density at radius 3 is 1.13 bits per heavy atom. The Hall–Kier alpha value is -6.42. The number of rotatable bonds is 9. The molecule has 6 aromatic rings. The third kappa shape index (κ3) is 6.27. The van der Waals surface area contributed by atoms with Gasteiger partial charge in [0.1, 0.15) is 22.9 Å². The first-order chi connectivity index (χ1) is 22.3. The zero-order valence-corrected chi connectivity index (χ0v) is 24.7. The largest absolute Gasteiger partial charge is 0.497 e. The van der Waals surface area contributed by atoms with Crippen molar-refractivity contribution >= 4 is 11.9 Å². The van der Waals surface area contributed by atoms with Crippen molar-refractivity contribution in [1.82, 2.24) is 19.9 Å². The predicted molar refractivity (Wildman–Crippen MR) is 172 cm³/mol. The summed E-state index contributed by atoms with van der Waals surface area (Å²) >= 11 is 0. The van der Waals surface area contributed by atoms with Gasteiger partial charge in [-0.25, -0.2) is 29.5 Å². The van der Waals surface area contributed by atoms with Crippen LogP contribution in [0.3, 0.4) is 0 Å². The second-order valence-corrected chi connectivity index (χ2v) is 10.1. The normalized spacial score (nSPS) is 10.7. The average molecular weight is 611 g/mol. The van der Waals surface area contributed by atoms with Crippen LogP contribution in [0, 0.1) is 0 Å². The van der Waals surface area contributed by atoms with Gasteiger partial charge in [0.25, 0.3) is 0 Å². The van der Waals surface area contributed by atoms with Gasteiger partial charge < -0.3 is 19.7 Å². The lowest BCUT2D eigenvalue weighted by Crippen LogP contribution is -2.03. The molecule has 2 N–H and O–H groups in total. The first-order valence-electron chi connectivity index (χ1n) is 14.1. The molecule has 10 heteroatoms.